The molecule has 4 heteroatoms. The summed E-state index contributed by atoms with van der Waals surface area (Å²) in [6.07, 6.45) is 5.79. The van der Waals surface area contributed by atoms with Gasteiger partial charge in [0.05, 0.1) is 17.1 Å². The van der Waals surface area contributed by atoms with E-state index in [4.69, 9.17) is 4.99 Å². The van der Waals surface area contributed by atoms with E-state index >= 15 is 0 Å². The summed E-state index contributed by atoms with van der Waals surface area (Å²) in [5.41, 5.74) is 4.19. The van der Waals surface area contributed by atoms with Crippen LogP contribution in [-0.4, -0.2) is 16.0 Å². The molecule has 0 N–H and O–H groups in total. The van der Waals surface area contributed by atoms with E-state index < -0.39 is 0 Å². The molecule has 1 fully saturated rings. The van der Waals surface area contributed by atoms with E-state index in [1.54, 1.807) is 4.90 Å². The first-order chi connectivity index (χ1) is 14.7. The molecule has 0 aliphatic carbocycles. The minimum Gasteiger partial charge on any atom is -0.282 e. The third kappa shape index (κ3) is 4.97. The summed E-state index contributed by atoms with van der Waals surface area (Å²) >= 11 is 1.42. The van der Waals surface area contributed by atoms with E-state index in [0.717, 1.165) is 16.8 Å². The molecule has 3 aromatic carbocycles. The molecule has 4 rings (SSSR count). The van der Waals surface area contributed by atoms with Gasteiger partial charge in [0.1, 0.15) is 0 Å². The second kappa shape index (κ2) is 9.42. The van der Waals surface area contributed by atoms with Gasteiger partial charge in [0.2, 0.25) is 0 Å². The van der Waals surface area contributed by atoms with Crippen LogP contribution in [0.5, 0.6) is 0 Å². The van der Waals surface area contributed by atoms with Crippen molar-refractivity contribution in [1.29, 1.82) is 0 Å². The molecule has 0 radical (unpaired) electrons. The summed E-state index contributed by atoms with van der Waals surface area (Å²) in [7, 11) is 0. The molecule has 0 bridgehead atoms. The molecule has 0 atom stereocenters. The lowest BCUT2D eigenvalue weighted by atomic mass is 10.2. The minimum atomic E-state index is -0.0209. The van der Waals surface area contributed by atoms with Gasteiger partial charge >= 0.3 is 0 Å². The normalized spacial score (nSPS) is 16.8. The summed E-state index contributed by atoms with van der Waals surface area (Å²) in [6.45, 7) is 2.55. The summed E-state index contributed by atoms with van der Waals surface area (Å²) in [5.74, 6) is -0.0209. The highest BCUT2D eigenvalue weighted by atomic mass is 32.2. The number of aliphatic imine (C=N–C) groups is 1. The lowest BCUT2D eigenvalue weighted by Gasteiger charge is -2.15. The molecular formula is C26H22N2OS. The van der Waals surface area contributed by atoms with Gasteiger partial charge in [0, 0.05) is 0 Å². The maximum atomic E-state index is 13.1. The highest BCUT2D eigenvalue weighted by Gasteiger charge is 2.33. The number of thioether (sulfide) groups is 1. The number of amidine groups is 1. The van der Waals surface area contributed by atoms with E-state index in [0.29, 0.717) is 16.6 Å². The monoisotopic (exact) mass is 410 g/mol. The number of amides is 1. The van der Waals surface area contributed by atoms with Crippen molar-refractivity contribution in [2.75, 3.05) is 0 Å². The Bertz CT molecular complexity index is 1100. The van der Waals surface area contributed by atoms with Gasteiger partial charge < -0.3 is 0 Å². The molecule has 1 heterocycles. The van der Waals surface area contributed by atoms with Crippen molar-refractivity contribution in [3.63, 3.8) is 0 Å². The zero-order valence-corrected chi connectivity index (χ0v) is 17.5. The van der Waals surface area contributed by atoms with Crippen LogP contribution in [0.1, 0.15) is 16.7 Å². The Morgan fingerprint density at radius 1 is 0.900 bits per heavy atom. The van der Waals surface area contributed by atoms with Crippen LogP contribution in [0.3, 0.4) is 0 Å². The number of hydrogen-bond acceptors (Lipinski definition) is 3. The zero-order chi connectivity index (χ0) is 20.8. The van der Waals surface area contributed by atoms with Crippen LogP contribution >= 0.6 is 11.8 Å². The van der Waals surface area contributed by atoms with Crippen molar-refractivity contribution >= 4 is 34.6 Å². The summed E-state index contributed by atoms with van der Waals surface area (Å²) in [6, 6.07) is 28.1. The molecule has 3 aromatic rings. The number of allylic oxidation sites excluding steroid dienone is 2. The zero-order valence-electron chi connectivity index (χ0n) is 16.7. The van der Waals surface area contributed by atoms with Gasteiger partial charge in [-0.2, -0.15) is 0 Å². The number of rotatable bonds is 5. The third-order valence-electron chi connectivity index (χ3n) is 4.67. The van der Waals surface area contributed by atoms with Gasteiger partial charge in [0.15, 0.2) is 5.17 Å². The third-order valence-corrected chi connectivity index (χ3v) is 5.69. The fraction of sp³-hybridized carbons (Fsp3) is 0.0769. The molecular weight excluding hydrogens is 388 g/mol. The number of benzene rings is 3. The molecule has 3 nitrogen and oxygen atoms in total. The van der Waals surface area contributed by atoms with Gasteiger partial charge in [-0.1, -0.05) is 90.5 Å². The van der Waals surface area contributed by atoms with Crippen LogP contribution in [0.15, 0.2) is 107 Å². The Hall–Kier alpha value is -3.37. The fourth-order valence-electron chi connectivity index (χ4n) is 3.05. The molecule has 0 saturated carbocycles. The molecule has 1 aliphatic rings. The quantitative estimate of drug-likeness (QED) is 0.459. The van der Waals surface area contributed by atoms with Gasteiger partial charge in [-0.15, -0.1) is 0 Å². The molecule has 1 amide bonds. The second-order valence-electron chi connectivity index (χ2n) is 7.01. The van der Waals surface area contributed by atoms with Crippen LogP contribution in [0.25, 0.3) is 6.08 Å². The highest BCUT2D eigenvalue weighted by molar-refractivity contribution is 8.18. The Kier molecular flexibility index (Phi) is 6.26. The van der Waals surface area contributed by atoms with Crippen molar-refractivity contribution in [1.82, 2.24) is 4.90 Å². The van der Waals surface area contributed by atoms with Gasteiger partial charge in [0.25, 0.3) is 5.91 Å². The highest BCUT2D eigenvalue weighted by Crippen LogP contribution is 2.34. The average molecular weight is 411 g/mol. The SMILES string of the molecule is Cc1ccc(N=C2S/C(=C/C=C/c3ccccc3)C(=O)N2Cc2ccccc2)cc1. The van der Waals surface area contributed by atoms with E-state index in [1.807, 2.05) is 110 Å². The Labute approximate surface area is 181 Å². The lowest BCUT2D eigenvalue weighted by Crippen LogP contribution is -2.28. The summed E-state index contributed by atoms with van der Waals surface area (Å²) in [5, 5.41) is 0.701. The lowest BCUT2D eigenvalue weighted by molar-refractivity contribution is -0.122. The molecule has 1 saturated heterocycles. The fourth-order valence-corrected chi connectivity index (χ4v) is 4.00. The van der Waals surface area contributed by atoms with Crippen molar-refractivity contribution < 1.29 is 4.79 Å². The van der Waals surface area contributed by atoms with Crippen molar-refractivity contribution in [2.24, 2.45) is 4.99 Å². The van der Waals surface area contributed by atoms with Crippen LogP contribution in [0, 0.1) is 6.92 Å². The second-order valence-corrected chi connectivity index (χ2v) is 8.02. The van der Waals surface area contributed by atoms with Gasteiger partial charge in [-0.3, -0.25) is 9.69 Å². The Balaban J connectivity index is 1.62. The first-order valence-corrected chi connectivity index (χ1v) is 10.6. The minimum absolute atomic E-state index is 0.0209. The molecule has 0 aromatic heterocycles. The van der Waals surface area contributed by atoms with Crippen LogP contribution in [-0.2, 0) is 11.3 Å². The van der Waals surface area contributed by atoms with Crippen LogP contribution in [0.4, 0.5) is 5.69 Å². The van der Waals surface area contributed by atoms with Crippen molar-refractivity contribution in [3.05, 3.63) is 119 Å². The van der Waals surface area contributed by atoms with Crippen LogP contribution in [0.2, 0.25) is 0 Å². The standard InChI is InChI=1S/C26H22N2OS/c1-20-15-17-23(18-16-20)27-26-28(19-22-11-6-3-7-12-22)25(29)24(30-26)14-8-13-21-9-4-2-5-10-21/h2-18H,19H2,1H3/b13-8+,24-14+,27-26?. The summed E-state index contributed by atoms with van der Waals surface area (Å²) < 4.78 is 0. The average Bonchev–Trinajstić information content (AvgIpc) is 3.06. The van der Waals surface area contributed by atoms with E-state index in [1.165, 1.54) is 17.3 Å². The molecule has 0 unspecified atom stereocenters. The molecule has 0 spiro atoms. The first-order valence-electron chi connectivity index (χ1n) is 9.81. The van der Waals surface area contributed by atoms with E-state index in [9.17, 15) is 4.79 Å². The maximum Gasteiger partial charge on any atom is 0.267 e. The van der Waals surface area contributed by atoms with Crippen LogP contribution < -0.4 is 0 Å². The molecule has 1 aliphatic heterocycles. The van der Waals surface area contributed by atoms with E-state index in [2.05, 4.69) is 0 Å². The number of aryl methyl sites for hydroxylation is 1. The van der Waals surface area contributed by atoms with Gasteiger partial charge in [-0.05, 0) is 48.0 Å². The van der Waals surface area contributed by atoms with Gasteiger partial charge in [-0.25, -0.2) is 4.99 Å². The number of carbonyl (C=O) groups is 1. The van der Waals surface area contributed by atoms with Crippen molar-refractivity contribution in [3.8, 4) is 0 Å². The Morgan fingerprint density at radius 3 is 2.27 bits per heavy atom. The summed E-state index contributed by atoms with van der Waals surface area (Å²) in [4.78, 5) is 20.3. The number of hydrogen-bond donors (Lipinski definition) is 0. The van der Waals surface area contributed by atoms with Crippen molar-refractivity contribution in [2.45, 2.75) is 13.5 Å². The molecule has 148 valence electrons. The first kappa shape index (κ1) is 19.9. The van der Waals surface area contributed by atoms with E-state index in [-0.39, 0.29) is 5.91 Å². The molecule has 30 heavy (non-hydrogen) atoms. The Morgan fingerprint density at radius 2 is 1.57 bits per heavy atom. The number of carbonyl (C=O) groups excluding carboxylic acids is 1. The predicted octanol–water partition coefficient (Wildman–Crippen LogP) is 6.36. The number of nitrogens with zero attached hydrogens (tertiary/aromatic N) is 2. The topological polar surface area (TPSA) is 32.7 Å². The largest absolute Gasteiger partial charge is 0.282 e. The maximum absolute atomic E-state index is 13.1. The smallest absolute Gasteiger partial charge is 0.267 e. The predicted molar refractivity (Wildman–Crippen MR) is 126 cm³/mol.